The molecule has 0 saturated heterocycles. The lowest BCUT2D eigenvalue weighted by atomic mass is 10.1. The van der Waals surface area contributed by atoms with E-state index in [0.717, 1.165) is 27.7 Å². The van der Waals surface area contributed by atoms with Gasteiger partial charge in [-0.25, -0.2) is 9.78 Å². The Morgan fingerprint density at radius 2 is 1.87 bits per heavy atom. The van der Waals surface area contributed by atoms with Gasteiger partial charge in [-0.1, -0.05) is 30.3 Å². The maximum atomic E-state index is 13.3. The summed E-state index contributed by atoms with van der Waals surface area (Å²) in [4.78, 5) is 30.8. The predicted octanol–water partition coefficient (Wildman–Crippen LogP) is 2.98. The minimum atomic E-state index is -0.440. The van der Waals surface area contributed by atoms with Crippen LogP contribution >= 0.6 is 11.3 Å². The minimum Gasteiger partial charge on any atom is -0.360 e. The van der Waals surface area contributed by atoms with E-state index >= 15 is 0 Å². The van der Waals surface area contributed by atoms with Crippen LogP contribution in [-0.4, -0.2) is 24.8 Å². The molecule has 154 valence electrons. The standard InChI is InChI=1S/C22H22N4O3S/c1-12-11-30-20(23-12)19-18-17-15(21(27)25(4)22(28)24(17)3)16(14-8-6-5-7-9-14)26(18)10-13(2)29-19/h5-9,11,13,19H,10H2,1-4H3/t13-,19?/m0/s1. The summed E-state index contributed by atoms with van der Waals surface area (Å²) in [6.45, 7) is 4.56. The van der Waals surface area contributed by atoms with E-state index in [2.05, 4.69) is 9.55 Å². The second-order valence-electron chi connectivity index (χ2n) is 7.79. The Labute approximate surface area is 176 Å². The number of hydrogen-bond acceptors (Lipinski definition) is 5. The molecule has 0 spiro atoms. The van der Waals surface area contributed by atoms with Gasteiger partial charge in [0.25, 0.3) is 5.56 Å². The monoisotopic (exact) mass is 422 g/mol. The smallest absolute Gasteiger partial charge is 0.331 e. The molecule has 3 aromatic heterocycles. The molecule has 0 aliphatic carbocycles. The zero-order chi connectivity index (χ0) is 21.2. The molecule has 2 atom stereocenters. The van der Waals surface area contributed by atoms with E-state index in [-0.39, 0.29) is 17.4 Å². The Balaban J connectivity index is 1.98. The van der Waals surface area contributed by atoms with Crippen LogP contribution in [0.3, 0.4) is 0 Å². The number of aromatic nitrogens is 4. The van der Waals surface area contributed by atoms with Gasteiger partial charge in [0, 0.05) is 31.7 Å². The fourth-order valence-electron chi connectivity index (χ4n) is 4.36. The van der Waals surface area contributed by atoms with E-state index in [1.807, 2.05) is 49.6 Å². The molecule has 30 heavy (non-hydrogen) atoms. The van der Waals surface area contributed by atoms with E-state index in [0.29, 0.717) is 17.4 Å². The fourth-order valence-corrected chi connectivity index (χ4v) is 5.19. The number of benzene rings is 1. The third kappa shape index (κ3) is 2.64. The summed E-state index contributed by atoms with van der Waals surface area (Å²) in [5.74, 6) is 0. The zero-order valence-corrected chi connectivity index (χ0v) is 18.1. The van der Waals surface area contributed by atoms with Gasteiger partial charge in [0.05, 0.1) is 28.4 Å². The van der Waals surface area contributed by atoms with Gasteiger partial charge in [0.15, 0.2) is 6.10 Å². The van der Waals surface area contributed by atoms with Crippen LogP contribution in [0.5, 0.6) is 0 Å². The maximum Gasteiger partial charge on any atom is 0.331 e. The lowest BCUT2D eigenvalue weighted by molar-refractivity contribution is -0.0143. The van der Waals surface area contributed by atoms with Crippen molar-refractivity contribution in [2.45, 2.75) is 32.6 Å². The summed E-state index contributed by atoms with van der Waals surface area (Å²) in [7, 11) is 3.23. The largest absolute Gasteiger partial charge is 0.360 e. The molecule has 0 saturated carbocycles. The normalized spacial score (nSPS) is 18.7. The number of rotatable bonds is 2. The van der Waals surface area contributed by atoms with Gasteiger partial charge in [-0.05, 0) is 19.4 Å². The van der Waals surface area contributed by atoms with Gasteiger partial charge in [-0.15, -0.1) is 11.3 Å². The molecule has 5 rings (SSSR count). The Morgan fingerprint density at radius 1 is 1.13 bits per heavy atom. The summed E-state index contributed by atoms with van der Waals surface area (Å²) in [5.41, 5.74) is 3.47. The van der Waals surface area contributed by atoms with Crippen LogP contribution in [-0.2, 0) is 25.4 Å². The summed E-state index contributed by atoms with van der Waals surface area (Å²) in [5, 5.41) is 3.35. The van der Waals surface area contributed by atoms with Crippen molar-refractivity contribution in [3.05, 3.63) is 72.9 Å². The lowest BCUT2D eigenvalue weighted by Gasteiger charge is -2.30. The third-order valence-corrected chi connectivity index (χ3v) is 6.68. The molecule has 1 aliphatic heterocycles. The quantitative estimate of drug-likeness (QED) is 0.498. The fraction of sp³-hybridized carbons (Fsp3) is 0.318. The minimum absolute atomic E-state index is 0.0724. The average molecular weight is 423 g/mol. The molecule has 0 fully saturated rings. The van der Waals surface area contributed by atoms with E-state index in [9.17, 15) is 9.59 Å². The number of fused-ring (bicyclic) bond motifs is 3. The van der Waals surface area contributed by atoms with Crippen LogP contribution in [0.1, 0.15) is 29.4 Å². The molecule has 1 unspecified atom stereocenters. The highest BCUT2D eigenvalue weighted by Gasteiger charge is 2.36. The first-order valence-corrected chi connectivity index (χ1v) is 10.7. The van der Waals surface area contributed by atoms with Crippen molar-refractivity contribution in [2.75, 3.05) is 0 Å². The average Bonchev–Trinajstić information content (AvgIpc) is 3.32. The molecule has 0 radical (unpaired) electrons. The van der Waals surface area contributed by atoms with Gasteiger partial charge in [-0.3, -0.25) is 13.9 Å². The lowest BCUT2D eigenvalue weighted by Crippen LogP contribution is -2.37. The van der Waals surface area contributed by atoms with Gasteiger partial charge in [0.1, 0.15) is 5.01 Å². The molecule has 1 aromatic carbocycles. The van der Waals surface area contributed by atoms with E-state index in [1.165, 1.54) is 23.0 Å². The Kier molecular flexibility index (Phi) is 4.30. The SMILES string of the molecule is Cc1csc(C2O[C@@H](C)Cn3c(-c4ccccc4)c4c(=O)n(C)c(=O)n(C)c4c32)n1. The Hall–Kier alpha value is -2.97. The maximum absolute atomic E-state index is 13.3. The van der Waals surface area contributed by atoms with Crippen LogP contribution in [0.25, 0.3) is 22.2 Å². The van der Waals surface area contributed by atoms with Crippen molar-refractivity contribution in [1.29, 1.82) is 0 Å². The molecule has 0 bridgehead atoms. The van der Waals surface area contributed by atoms with Gasteiger partial charge >= 0.3 is 5.69 Å². The number of hydrogen-bond donors (Lipinski definition) is 0. The molecule has 4 heterocycles. The first-order chi connectivity index (χ1) is 14.4. The van der Waals surface area contributed by atoms with E-state index < -0.39 is 6.10 Å². The van der Waals surface area contributed by atoms with Gasteiger partial charge in [-0.2, -0.15) is 0 Å². The topological polar surface area (TPSA) is 71.0 Å². The Bertz CT molecular complexity index is 1390. The van der Waals surface area contributed by atoms with Gasteiger partial charge in [0.2, 0.25) is 0 Å². The second kappa shape index (κ2) is 6.78. The molecule has 7 nitrogen and oxygen atoms in total. The van der Waals surface area contributed by atoms with Crippen molar-refractivity contribution in [1.82, 2.24) is 18.7 Å². The molecule has 0 amide bonds. The summed E-state index contributed by atoms with van der Waals surface area (Å²) in [6.07, 6.45) is -0.512. The molecule has 0 N–H and O–H groups in total. The second-order valence-corrected chi connectivity index (χ2v) is 8.68. The number of aryl methyl sites for hydroxylation is 2. The molecular formula is C22H22N4O3S. The predicted molar refractivity (Wildman–Crippen MR) is 117 cm³/mol. The van der Waals surface area contributed by atoms with E-state index in [4.69, 9.17) is 4.74 Å². The van der Waals surface area contributed by atoms with Crippen molar-refractivity contribution < 1.29 is 4.74 Å². The van der Waals surface area contributed by atoms with Crippen LogP contribution in [0.15, 0.2) is 45.3 Å². The van der Waals surface area contributed by atoms with Crippen LogP contribution in [0.2, 0.25) is 0 Å². The van der Waals surface area contributed by atoms with Crippen molar-refractivity contribution in [3.8, 4) is 11.3 Å². The van der Waals surface area contributed by atoms with Crippen LogP contribution in [0, 0.1) is 6.92 Å². The molecule has 8 heteroatoms. The summed E-state index contributed by atoms with van der Waals surface area (Å²) < 4.78 is 11.2. The zero-order valence-electron chi connectivity index (χ0n) is 17.2. The van der Waals surface area contributed by atoms with Crippen molar-refractivity contribution >= 4 is 22.2 Å². The molecule has 4 aromatic rings. The number of nitrogens with zero attached hydrogens (tertiary/aromatic N) is 4. The van der Waals surface area contributed by atoms with Crippen molar-refractivity contribution in [3.63, 3.8) is 0 Å². The molecule has 1 aliphatic rings. The number of thiazole rings is 1. The summed E-state index contributed by atoms with van der Waals surface area (Å²) in [6, 6.07) is 9.85. The van der Waals surface area contributed by atoms with Crippen LogP contribution < -0.4 is 11.2 Å². The van der Waals surface area contributed by atoms with Gasteiger partial charge < -0.3 is 9.30 Å². The van der Waals surface area contributed by atoms with Crippen LogP contribution in [0.4, 0.5) is 0 Å². The first-order valence-electron chi connectivity index (χ1n) is 9.83. The van der Waals surface area contributed by atoms with Crippen molar-refractivity contribution in [2.24, 2.45) is 14.1 Å². The third-order valence-electron chi connectivity index (χ3n) is 5.67. The highest BCUT2D eigenvalue weighted by Crippen LogP contribution is 2.42. The number of ether oxygens (including phenoxy) is 1. The highest BCUT2D eigenvalue weighted by molar-refractivity contribution is 7.09. The first kappa shape index (κ1) is 19.0. The molecular weight excluding hydrogens is 400 g/mol. The van der Waals surface area contributed by atoms with E-state index in [1.54, 1.807) is 11.6 Å². The Morgan fingerprint density at radius 3 is 2.53 bits per heavy atom. The summed E-state index contributed by atoms with van der Waals surface area (Å²) >= 11 is 1.53. The highest BCUT2D eigenvalue weighted by atomic mass is 32.1.